The summed E-state index contributed by atoms with van der Waals surface area (Å²) in [5, 5.41) is 11.9. The van der Waals surface area contributed by atoms with Crippen LogP contribution in [-0.2, 0) is 27.4 Å². The van der Waals surface area contributed by atoms with Crippen LogP contribution < -0.4 is 4.57 Å². The highest BCUT2D eigenvalue weighted by Gasteiger charge is 2.21. The van der Waals surface area contributed by atoms with Gasteiger partial charge in [-0.2, -0.15) is 4.57 Å². The average Bonchev–Trinajstić information content (AvgIpc) is 2.85. The van der Waals surface area contributed by atoms with Gasteiger partial charge in [-0.1, -0.05) is 70.8 Å². The second kappa shape index (κ2) is 14.9. The quantitative estimate of drug-likeness (QED) is 0.222. The maximum Gasteiger partial charge on any atom is 0.372 e. The van der Waals surface area contributed by atoms with E-state index < -0.39 is 0 Å². The standard InChI is InChI=1S/C28H42N2O4/c1-2-3-4-5-6-7-8-9-10-11-19-34-26(31)23-30-16-12-13-24-14-15-25(28(32)27(24)30)22-29-17-20-33-21-18-29/h12-16H,2-11,17-23H2,1H3/p+1. The van der Waals surface area contributed by atoms with Gasteiger partial charge in [-0.15, -0.1) is 0 Å². The Balaban J connectivity index is 1.43. The Morgan fingerprint density at radius 1 is 1.00 bits per heavy atom. The number of hydrogen-bond donors (Lipinski definition) is 1. The molecule has 1 aliphatic rings. The number of rotatable bonds is 15. The van der Waals surface area contributed by atoms with Gasteiger partial charge in [0, 0.05) is 31.3 Å². The van der Waals surface area contributed by atoms with Crippen molar-refractivity contribution in [3.8, 4) is 5.75 Å². The number of benzene rings is 1. The molecule has 0 aliphatic carbocycles. The van der Waals surface area contributed by atoms with E-state index in [1.165, 1.54) is 51.4 Å². The smallest absolute Gasteiger partial charge is 0.372 e. The highest BCUT2D eigenvalue weighted by atomic mass is 16.5. The molecule has 0 saturated carbocycles. The van der Waals surface area contributed by atoms with E-state index in [1.54, 1.807) is 4.57 Å². The second-order valence-corrected chi connectivity index (χ2v) is 9.44. The molecule has 6 heteroatoms. The molecule has 1 aliphatic heterocycles. The van der Waals surface area contributed by atoms with Gasteiger partial charge < -0.3 is 14.6 Å². The van der Waals surface area contributed by atoms with E-state index in [-0.39, 0.29) is 18.3 Å². The molecule has 2 heterocycles. The summed E-state index contributed by atoms with van der Waals surface area (Å²) in [5.41, 5.74) is 1.55. The molecule has 1 saturated heterocycles. The van der Waals surface area contributed by atoms with Crippen LogP contribution in [0.3, 0.4) is 0 Å². The molecule has 3 rings (SSSR count). The fraction of sp³-hybridized carbons (Fsp3) is 0.643. The van der Waals surface area contributed by atoms with Crippen LogP contribution >= 0.6 is 0 Å². The summed E-state index contributed by atoms with van der Waals surface area (Å²) in [6.45, 7) is 6.65. The fourth-order valence-corrected chi connectivity index (χ4v) is 4.62. The lowest BCUT2D eigenvalue weighted by Gasteiger charge is -2.26. The first-order valence-electron chi connectivity index (χ1n) is 13.3. The third-order valence-corrected chi connectivity index (χ3v) is 6.65. The molecule has 188 valence electrons. The van der Waals surface area contributed by atoms with Gasteiger partial charge in [0.05, 0.1) is 25.2 Å². The predicted molar refractivity (Wildman–Crippen MR) is 135 cm³/mol. The van der Waals surface area contributed by atoms with Crippen LogP contribution in [0.5, 0.6) is 5.75 Å². The number of phenolic OH excluding ortho intramolecular Hbond substituents is 1. The van der Waals surface area contributed by atoms with Crippen molar-refractivity contribution < 1.29 is 23.9 Å². The highest BCUT2D eigenvalue weighted by molar-refractivity contribution is 5.83. The number of aromatic nitrogens is 1. The van der Waals surface area contributed by atoms with Crippen LogP contribution in [0.25, 0.3) is 10.9 Å². The molecule has 1 fully saturated rings. The summed E-state index contributed by atoms with van der Waals surface area (Å²) in [5.74, 6) is -0.0153. The molecule has 0 amide bonds. The van der Waals surface area contributed by atoms with E-state index in [2.05, 4.69) is 11.8 Å². The first-order chi connectivity index (χ1) is 16.7. The van der Waals surface area contributed by atoms with Crippen LogP contribution in [0.2, 0.25) is 0 Å². The van der Waals surface area contributed by atoms with Crippen LogP contribution in [0.15, 0.2) is 30.5 Å². The molecule has 0 atom stereocenters. The summed E-state index contributed by atoms with van der Waals surface area (Å²) in [4.78, 5) is 14.8. The number of phenols is 1. The van der Waals surface area contributed by atoms with E-state index in [0.29, 0.717) is 18.7 Å². The number of pyridine rings is 1. The number of carbonyl (C=O) groups is 1. The van der Waals surface area contributed by atoms with Crippen molar-refractivity contribution >= 4 is 16.9 Å². The number of carbonyl (C=O) groups excluding carboxylic acids is 1. The molecule has 0 spiro atoms. The molecule has 1 N–H and O–H groups in total. The van der Waals surface area contributed by atoms with Gasteiger partial charge in [0.15, 0.2) is 11.9 Å². The van der Waals surface area contributed by atoms with Crippen molar-refractivity contribution in [1.82, 2.24) is 4.90 Å². The highest BCUT2D eigenvalue weighted by Crippen LogP contribution is 2.27. The summed E-state index contributed by atoms with van der Waals surface area (Å²) in [6, 6.07) is 7.84. The number of aromatic hydroxyl groups is 1. The van der Waals surface area contributed by atoms with Crippen LogP contribution in [0.1, 0.15) is 76.7 Å². The van der Waals surface area contributed by atoms with Crippen molar-refractivity contribution in [2.24, 2.45) is 0 Å². The minimum atomic E-state index is -0.258. The summed E-state index contributed by atoms with van der Waals surface area (Å²) >= 11 is 0. The van der Waals surface area contributed by atoms with Crippen LogP contribution in [0, 0.1) is 0 Å². The third kappa shape index (κ3) is 8.55. The minimum absolute atomic E-state index is 0.101. The fourth-order valence-electron chi connectivity index (χ4n) is 4.62. The number of unbranched alkanes of at least 4 members (excludes halogenated alkanes) is 9. The minimum Gasteiger partial charge on any atom is -0.502 e. The zero-order valence-corrected chi connectivity index (χ0v) is 21.0. The molecule has 0 bridgehead atoms. The Kier molecular flexibility index (Phi) is 11.6. The molecule has 34 heavy (non-hydrogen) atoms. The van der Waals surface area contributed by atoms with E-state index in [0.717, 1.165) is 50.1 Å². The van der Waals surface area contributed by atoms with E-state index in [4.69, 9.17) is 9.47 Å². The molecular formula is C28H43N2O4+. The maximum absolute atomic E-state index is 12.5. The van der Waals surface area contributed by atoms with Gasteiger partial charge in [-0.25, -0.2) is 4.79 Å². The zero-order chi connectivity index (χ0) is 24.0. The molecule has 1 aromatic heterocycles. The normalized spacial score (nSPS) is 14.5. The van der Waals surface area contributed by atoms with E-state index in [1.807, 2.05) is 30.5 Å². The monoisotopic (exact) mass is 471 g/mol. The van der Waals surface area contributed by atoms with Crippen LogP contribution in [0.4, 0.5) is 0 Å². The Bertz CT molecular complexity index is 880. The first kappa shape index (κ1) is 26.4. The molecule has 0 radical (unpaired) electrons. The SMILES string of the molecule is CCCCCCCCCCCCOC(=O)C[n+]1cccc2ccc(CN3CCOCC3)c(O)c21. The van der Waals surface area contributed by atoms with Crippen LogP contribution in [-0.4, -0.2) is 48.9 Å². The molecular weight excluding hydrogens is 428 g/mol. The average molecular weight is 472 g/mol. The van der Waals surface area contributed by atoms with Crippen molar-refractivity contribution in [2.75, 3.05) is 32.9 Å². The van der Waals surface area contributed by atoms with Crippen molar-refractivity contribution in [1.29, 1.82) is 0 Å². The van der Waals surface area contributed by atoms with E-state index in [9.17, 15) is 9.90 Å². The number of hydrogen-bond acceptors (Lipinski definition) is 5. The van der Waals surface area contributed by atoms with E-state index >= 15 is 0 Å². The Labute approximate surface area is 204 Å². The lowest BCUT2D eigenvalue weighted by atomic mass is 10.1. The van der Waals surface area contributed by atoms with Gasteiger partial charge in [0.2, 0.25) is 6.54 Å². The third-order valence-electron chi connectivity index (χ3n) is 6.65. The summed E-state index contributed by atoms with van der Waals surface area (Å²) in [7, 11) is 0. The van der Waals surface area contributed by atoms with Crippen molar-refractivity contribution in [2.45, 2.75) is 84.2 Å². The Hall–Kier alpha value is -2.18. The van der Waals surface area contributed by atoms with Crippen molar-refractivity contribution in [3.63, 3.8) is 0 Å². The number of esters is 1. The Morgan fingerprint density at radius 3 is 2.38 bits per heavy atom. The largest absolute Gasteiger partial charge is 0.502 e. The zero-order valence-electron chi connectivity index (χ0n) is 21.0. The summed E-state index contributed by atoms with van der Waals surface area (Å²) < 4.78 is 12.7. The number of fused-ring (bicyclic) bond motifs is 1. The molecule has 0 unspecified atom stereocenters. The molecule has 2 aromatic rings. The van der Waals surface area contributed by atoms with Crippen molar-refractivity contribution in [3.05, 3.63) is 36.0 Å². The number of nitrogens with zero attached hydrogens (tertiary/aromatic N) is 2. The molecule has 1 aromatic carbocycles. The van der Waals surface area contributed by atoms with Gasteiger partial charge >= 0.3 is 5.97 Å². The Morgan fingerprint density at radius 2 is 1.68 bits per heavy atom. The lowest BCUT2D eigenvalue weighted by Crippen LogP contribution is -2.39. The number of morpholine rings is 1. The van der Waals surface area contributed by atoms with Gasteiger partial charge in [-0.3, -0.25) is 4.90 Å². The first-order valence-corrected chi connectivity index (χ1v) is 13.3. The lowest BCUT2D eigenvalue weighted by molar-refractivity contribution is -0.660. The van der Waals surface area contributed by atoms with Gasteiger partial charge in [0.1, 0.15) is 0 Å². The number of ether oxygens (including phenoxy) is 2. The predicted octanol–water partition coefficient (Wildman–Crippen LogP) is 5.13. The van der Waals surface area contributed by atoms with Gasteiger partial charge in [-0.05, 0) is 18.6 Å². The summed E-state index contributed by atoms with van der Waals surface area (Å²) in [6.07, 6.45) is 14.4. The second-order valence-electron chi connectivity index (χ2n) is 9.44. The maximum atomic E-state index is 12.5. The molecule has 6 nitrogen and oxygen atoms in total. The topological polar surface area (TPSA) is 62.9 Å². The van der Waals surface area contributed by atoms with Gasteiger partial charge in [0.25, 0.3) is 5.52 Å².